The molecule has 0 aromatic carbocycles. The van der Waals surface area contributed by atoms with Gasteiger partial charge in [0.2, 0.25) is 0 Å². The molecule has 98 valence electrons. The molecule has 3 nitrogen and oxygen atoms in total. The van der Waals surface area contributed by atoms with Crippen LogP contribution in [-0.2, 0) is 0 Å². The van der Waals surface area contributed by atoms with E-state index in [0.717, 1.165) is 36.3 Å². The van der Waals surface area contributed by atoms with Gasteiger partial charge in [-0.25, -0.2) is 4.98 Å². The second-order valence-corrected chi connectivity index (χ2v) is 5.50. The second-order valence-electron chi connectivity index (χ2n) is 5.50. The first-order valence-electron chi connectivity index (χ1n) is 6.80. The zero-order chi connectivity index (χ0) is 13.1. The van der Waals surface area contributed by atoms with Crippen molar-refractivity contribution < 1.29 is 4.79 Å². The Bertz CT molecular complexity index is 420. The second kappa shape index (κ2) is 5.51. The van der Waals surface area contributed by atoms with Gasteiger partial charge in [0, 0.05) is 19.3 Å². The molecule has 1 fully saturated rings. The number of carbonyl (C=O) groups is 1. The normalized spacial score (nSPS) is 17.2. The number of piperidine rings is 1. The van der Waals surface area contributed by atoms with Gasteiger partial charge in [-0.2, -0.15) is 0 Å². The van der Waals surface area contributed by atoms with E-state index in [0.29, 0.717) is 0 Å². The van der Waals surface area contributed by atoms with E-state index in [1.165, 1.54) is 12.8 Å². The molecule has 1 aromatic rings. The molecule has 0 aliphatic carbocycles. The molecule has 18 heavy (non-hydrogen) atoms. The summed E-state index contributed by atoms with van der Waals surface area (Å²) in [7, 11) is 0. The lowest BCUT2D eigenvalue weighted by Gasteiger charge is -2.35. The summed E-state index contributed by atoms with van der Waals surface area (Å²) < 4.78 is 0. The summed E-state index contributed by atoms with van der Waals surface area (Å²) in [6.07, 6.45) is 4.17. The van der Waals surface area contributed by atoms with E-state index < -0.39 is 0 Å². The van der Waals surface area contributed by atoms with E-state index in [9.17, 15) is 4.79 Å². The monoisotopic (exact) mass is 246 g/mol. The highest BCUT2D eigenvalue weighted by Gasteiger charge is 2.24. The number of rotatable bonds is 3. The number of ketones is 1. The van der Waals surface area contributed by atoms with Gasteiger partial charge < -0.3 is 4.90 Å². The van der Waals surface area contributed by atoms with Crippen LogP contribution in [0.25, 0.3) is 0 Å². The molecule has 0 atom stereocenters. The first-order chi connectivity index (χ1) is 8.59. The molecular formula is C15H22N2O. The molecule has 2 rings (SSSR count). The molecule has 0 bridgehead atoms. The molecule has 2 heterocycles. The lowest BCUT2D eigenvalue weighted by Crippen LogP contribution is -2.36. The molecule has 0 unspecified atom stereocenters. The van der Waals surface area contributed by atoms with Gasteiger partial charge in [-0.3, -0.25) is 4.79 Å². The van der Waals surface area contributed by atoms with E-state index in [1.807, 2.05) is 12.1 Å². The van der Waals surface area contributed by atoms with Crippen LogP contribution in [0.1, 0.15) is 44.0 Å². The van der Waals surface area contributed by atoms with Gasteiger partial charge in [-0.15, -0.1) is 0 Å². The van der Waals surface area contributed by atoms with Crippen molar-refractivity contribution in [2.75, 3.05) is 18.0 Å². The minimum absolute atomic E-state index is 0.101. The van der Waals surface area contributed by atoms with Crippen LogP contribution < -0.4 is 4.90 Å². The summed E-state index contributed by atoms with van der Waals surface area (Å²) >= 11 is 0. The first kappa shape index (κ1) is 13.1. The van der Waals surface area contributed by atoms with Crippen LogP contribution in [0.3, 0.4) is 0 Å². The van der Waals surface area contributed by atoms with Crippen molar-refractivity contribution >= 4 is 11.6 Å². The Morgan fingerprint density at radius 3 is 2.61 bits per heavy atom. The molecule has 3 heteroatoms. The molecule has 0 N–H and O–H groups in total. The average Bonchev–Trinajstić information content (AvgIpc) is 2.39. The number of hydrogen-bond donors (Lipinski definition) is 0. The quantitative estimate of drug-likeness (QED) is 0.768. The van der Waals surface area contributed by atoms with E-state index in [4.69, 9.17) is 0 Å². The van der Waals surface area contributed by atoms with Crippen molar-refractivity contribution in [1.29, 1.82) is 0 Å². The maximum absolute atomic E-state index is 11.6. The fourth-order valence-corrected chi connectivity index (χ4v) is 2.70. The zero-order valence-electron chi connectivity index (χ0n) is 11.5. The SMILES string of the molecule is CC(=O)c1cccnc1N1CCC(C(C)C)CC1. The van der Waals surface area contributed by atoms with E-state index >= 15 is 0 Å². The third kappa shape index (κ3) is 2.71. The smallest absolute Gasteiger partial charge is 0.163 e. The number of nitrogens with zero attached hydrogens (tertiary/aromatic N) is 2. The van der Waals surface area contributed by atoms with Crippen molar-refractivity contribution in [3.8, 4) is 0 Å². The van der Waals surface area contributed by atoms with E-state index in [1.54, 1.807) is 13.1 Å². The molecule has 0 saturated carbocycles. The van der Waals surface area contributed by atoms with Gasteiger partial charge in [0.1, 0.15) is 5.82 Å². The number of carbonyl (C=O) groups excluding carboxylic acids is 1. The Kier molecular flexibility index (Phi) is 4.00. The van der Waals surface area contributed by atoms with Crippen molar-refractivity contribution in [3.63, 3.8) is 0 Å². The molecule has 1 aliphatic heterocycles. The summed E-state index contributed by atoms with van der Waals surface area (Å²) in [5.41, 5.74) is 0.750. The van der Waals surface area contributed by atoms with Crippen molar-refractivity contribution in [3.05, 3.63) is 23.9 Å². The van der Waals surface area contributed by atoms with Crippen LogP contribution in [0.2, 0.25) is 0 Å². The summed E-state index contributed by atoms with van der Waals surface area (Å²) in [5.74, 6) is 2.53. The fraction of sp³-hybridized carbons (Fsp3) is 0.600. The Morgan fingerprint density at radius 1 is 1.39 bits per heavy atom. The number of Topliss-reactive ketones (excluding diaryl/α,β-unsaturated/α-hetero) is 1. The highest BCUT2D eigenvalue weighted by molar-refractivity contribution is 5.98. The Labute approximate surface area is 109 Å². The molecule has 1 saturated heterocycles. The van der Waals surface area contributed by atoms with Gasteiger partial charge in [-0.05, 0) is 43.7 Å². The van der Waals surface area contributed by atoms with Gasteiger partial charge >= 0.3 is 0 Å². The Morgan fingerprint density at radius 2 is 2.06 bits per heavy atom. The molecular weight excluding hydrogens is 224 g/mol. The van der Waals surface area contributed by atoms with Gasteiger partial charge in [-0.1, -0.05) is 13.8 Å². The van der Waals surface area contributed by atoms with Crippen LogP contribution in [0.15, 0.2) is 18.3 Å². The summed E-state index contributed by atoms with van der Waals surface area (Å²) in [6.45, 7) is 8.23. The molecule has 1 aliphatic rings. The Balaban J connectivity index is 2.12. The maximum Gasteiger partial charge on any atom is 0.163 e. The maximum atomic E-state index is 11.6. The highest BCUT2D eigenvalue weighted by atomic mass is 16.1. The predicted octanol–water partition coefficient (Wildman–Crippen LogP) is 3.16. The standard InChI is InChI=1S/C15H22N2O/c1-11(2)13-6-9-17(10-7-13)15-14(12(3)18)5-4-8-16-15/h4-5,8,11,13H,6-7,9-10H2,1-3H3. The number of anilines is 1. The molecule has 0 radical (unpaired) electrons. The predicted molar refractivity (Wildman–Crippen MR) is 74.0 cm³/mol. The van der Waals surface area contributed by atoms with E-state index in [-0.39, 0.29) is 5.78 Å². The van der Waals surface area contributed by atoms with Crippen molar-refractivity contribution in [2.45, 2.75) is 33.6 Å². The van der Waals surface area contributed by atoms with Crippen molar-refractivity contribution in [2.24, 2.45) is 11.8 Å². The van der Waals surface area contributed by atoms with Crippen LogP contribution in [0, 0.1) is 11.8 Å². The molecule has 0 spiro atoms. The minimum Gasteiger partial charge on any atom is -0.356 e. The van der Waals surface area contributed by atoms with Gasteiger partial charge in [0.05, 0.1) is 5.56 Å². The third-order valence-electron chi connectivity index (χ3n) is 3.95. The van der Waals surface area contributed by atoms with Crippen LogP contribution in [0.4, 0.5) is 5.82 Å². The average molecular weight is 246 g/mol. The molecule has 1 aromatic heterocycles. The lowest BCUT2D eigenvalue weighted by molar-refractivity contribution is 0.101. The lowest BCUT2D eigenvalue weighted by atomic mass is 9.86. The fourth-order valence-electron chi connectivity index (χ4n) is 2.70. The number of aromatic nitrogens is 1. The van der Waals surface area contributed by atoms with Gasteiger partial charge in [0.25, 0.3) is 0 Å². The number of hydrogen-bond acceptors (Lipinski definition) is 3. The first-order valence-corrected chi connectivity index (χ1v) is 6.80. The zero-order valence-corrected chi connectivity index (χ0v) is 11.5. The highest BCUT2D eigenvalue weighted by Crippen LogP contribution is 2.28. The molecule has 0 amide bonds. The summed E-state index contributed by atoms with van der Waals surface area (Å²) in [5, 5.41) is 0. The Hall–Kier alpha value is -1.38. The van der Waals surface area contributed by atoms with Crippen LogP contribution in [0.5, 0.6) is 0 Å². The van der Waals surface area contributed by atoms with Crippen molar-refractivity contribution in [1.82, 2.24) is 4.98 Å². The summed E-state index contributed by atoms with van der Waals surface area (Å²) in [6, 6.07) is 3.71. The largest absolute Gasteiger partial charge is 0.356 e. The van der Waals surface area contributed by atoms with E-state index in [2.05, 4.69) is 23.7 Å². The van der Waals surface area contributed by atoms with Crippen LogP contribution in [-0.4, -0.2) is 23.9 Å². The topological polar surface area (TPSA) is 33.2 Å². The van der Waals surface area contributed by atoms with Crippen LogP contribution >= 0.6 is 0 Å². The third-order valence-corrected chi connectivity index (χ3v) is 3.95. The minimum atomic E-state index is 0.101. The summed E-state index contributed by atoms with van der Waals surface area (Å²) in [4.78, 5) is 18.3. The van der Waals surface area contributed by atoms with Gasteiger partial charge in [0.15, 0.2) is 5.78 Å². The number of pyridine rings is 1.